The van der Waals surface area contributed by atoms with Crippen molar-refractivity contribution in [3.63, 3.8) is 0 Å². The first-order valence-electron chi connectivity index (χ1n) is 4.82. The van der Waals surface area contributed by atoms with Crippen LogP contribution in [0.5, 0.6) is 0 Å². The molecule has 0 radical (unpaired) electrons. The fourth-order valence-electron chi connectivity index (χ4n) is 1.52. The van der Waals surface area contributed by atoms with E-state index < -0.39 is 4.92 Å². The van der Waals surface area contributed by atoms with E-state index in [-0.39, 0.29) is 5.69 Å². The maximum atomic E-state index is 10.6. The van der Waals surface area contributed by atoms with Crippen molar-refractivity contribution < 1.29 is 4.92 Å². The number of aryl methyl sites for hydroxylation is 2. The van der Waals surface area contributed by atoms with Gasteiger partial charge in [0.1, 0.15) is 6.20 Å². The molecule has 0 atom stereocenters. The van der Waals surface area contributed by atoms with Crippen LogP contribution in [-0.4, -0.2) is 19.7 Å². The van der Waals surface area contributed by atoms with E-state index in [0.29, 0.717) is 10.3 Å². The van der Waals surface area contributed by atoms with Gasteiger partial charge in [0.25, 0.3) is 5.69 Å². The van der Waals surface area contributed by atoms with Gasteiger partial charge in [0, 0.05) is 11.8 Å². The molecule has 0 saturated heterocycles. The van der Waals surface area contributed by atoms with Gasteiger partial charge in [-0.3, -0.25) is 10.1 Å². The summed E-state index contributed by atoms with van der Waals surface area (Å²) >= 11 is 3.27. The zero-order chi connectivity index (χ0) is 12.6. The van der Waals surface area contributed by atoms with Crippen molar-refractivity contribution in [1.82, 2.24) is 14.8 Å². The largest absolute Gasteiger partial charge is 0.288 e. The SMILES string of the molecule is Cc1cc(C)n(-c2ncc([N+](=O)[O-])cc2Br)n1. The van der Waals surface area contributed by atoms with Gasteiger partial charge in [-0.05, 0) is 35.8 Å². The molecule has 0 spiro atoms. The number of halogens is 1. The average Bonchev–Trinajstić information content (AvgIpc) is 2.57. The Balaban J connectivity index is 2.54. The number of hydrogen-bond donors (Lipinski definition) is 0. The number of hydrogen-bond acceptors (Lipinski definition) is 4. The maximum Gasteiger partial charge on any atom is 0.288 e. The standard InChI is InChI=1S/C10H9BrN4O2/c1-6-3-7(2)14(13-6)10-9(11)4-8(5-12-10)15(16)17/h3-5H,1-2H3. The number of nitro groups is 1. The van der Waals surface area contributed by atoms with Gasteiger partial charge in [-0.25, -0.2) is 9.67 Å². The van der Waals surface area contributed by atoms with Crippen molar-refractivity contribution in [2.75, 3.05) is 0 Å². The maximum absolute atomic E-state index is 10.6. The quantitative estimate of drug-likeness (QED) is 0.630. The molecule has 17 heavy (non-hydrogen) atoms. The number of nitrogens with zero attached hydrogens (tertiary/aromatic N) is 4. The summed E-state index contributed by atoms with van der Waals surface area (Å²) in [7, 11) is 0. The third kappa shape index (κ3) is 2.19. The fraction of sp³-hybridized carbons (Fsp3) is 0.200. The van der Waals surface area contributed by atoms with Gasteiger partial charge in [0.05, 0.1) is 15.1 Å². The highest BCUT2D eigenvalue weighted by Crippen LogP contribution is 2.24. The molecule has 0 unspecified atom stereocenters. The van der Waals surface area contributed by atoms with Crippen LogP contribution in [0.25, 0.3) is 5.82 Å². The van der Waals surface area contributed by atoms with Crippen LogP contribution < -0.4 is 0 Å². The highest BCUT2D eigenvalue weighted by atomic mass is 79.9. The average molecular weight is 297 g/mol. The van der Waals surface area contributed by atoms with Crippen LogP contribution in [0.15, 0.2) is 22.8 Å². The third-order valence-electron chi connectivity index (χ3n) is 2.23. The summed E-state index contributed by atoms with van der Waals surface area (Å²) in [4.78, 5) is 14.2. The van der Waals surface area contributed by atoms with Crippen molar-refractivity contribution in [3.05, 3.63) is 44.3 Å². The second kappa shape index (κ2) is 4.25. The second-order valence-electron chi connectivity index (χ2n) is 3.59. The van der Waals surface area contributed by atoms with Gasteiger partial charge in [0.15, 0.2) is 5.82 Å². The molecular formula is C10H9BrN4O2. The lowest BCUT2D eigenvalue weighted by Gasteiger charge is -2.05. The number of pyridine rings is 1. The Morgan fingerprint density at radius 2 is 2.12 bits per heavy atom. The molecule has 0 aliphatic carbocycles. The van der Waals surface area contributed by atoms with Crippen molar-refractivity contribution in [1.29, 1.82) is 0 Å². The van der Waals surface area contributed by atoms with Crippen molar-refractivity contribution in [2.24, 2.45) is 0 Å². The van der Waals surface area contributed by atoms with E-state index in [1.807, 2.05) is 19.9 Å². The van der Waals surface area contributed by atoms with Crippen LogP contribution in [0.4, 0.5) is 5.69 Å². The lowest BCUT2D eigenvalue weighted by molar-refractivity contribution is -0.385. The highest BCUT2D eigenvalue weighted by Gasteiger charge is 2.13. The second-order valence-corrected chi connectivity index (χ2v) is 4.45. The van der Waals surface area contributed by atoms with Crippen LogP contribution in [0, 0.1) is 24.0 Å². The van der Waals surface area contributed by atoms with Gasteiger partial charge in [-0.2, -0.15) is 5.10 Å². The minimum absolute atomic E-state index is 0.0536. The van der Waals surface area contributed by atoms with Crippen molar-refractivity contribution >= 4 is 21.6 Å². The van der Waals surface area contributed by atoms with E-state index in [0.717, 1.165) is 11.4 Å². The van der Waals surface area contributed by atoms with Gasteiger partial charge in [-0.1, -0.05) is 0 Å². The highest BCUT2D eigenvalue weighted by molar-refractivity contribution is 9.10. The molecule has 2 heterocycles. The first kappa shape index (κ1) is 11.7. The minimum Gasteiger partial charge on any atom is -0.258 e. The lowest BCUT2D eigenvalue weighted by atomic mass is 10.4. The smallest absolute Gasteiger partial charge is 0.258 e. The summed E-state index contributed by atoms with van der Waals surface area (Å²) in [6.07, 6.45) is 1.22. The van der Waals surface area contributed by atoms with E-state index >= 15 is 0 Å². The molecule has 0 aromatic carbocycles. The van der Waals surface area contributed by atoms with Crippen LogP contribution in [0.2, 0.25) is 0 Å². The fourth-order valence-corrected chi connectivity index (χ4v) is 2.02. The normalized spacial score (nSPS) is 10.5. The first-order valence-corrected chi connectivity index (χ1v) is 5.62. The predicted molar refractivity (Wildman–Crippen MR) is 65.2 cm³/mol. The predicted octanol–water partition coefficient (Wildman–Crippen LogP) is 2.55. The molecule has 0 aliphatic rings. The Bertz CT molecular complexity index is 594. The van der Waals surface area contributed by atoms with Gasteiger partial charge < -0.3 is 0 Å². The Morgan fingerprint density at radius 1 is 1.41 bits per heavy atom. The molecule has 0 bridgehead atoms. The number of aromatic nitrogens is 3. The Kier molecular flexibility index (Phi) is 2.93. The molecule has 2 aromatic rings. The first-order chi connectivity index (χ1) is 7.99. The Morgan fingerprint density at radius 3 is 2.59 bits per heavy atom. The minimum atomic E-state index is -0.483. The lowest BCUT2D eigenvalue weighted by Crippen LogP contribution is -2.03. The van der Waals surface area contributed by atoms with Crippen molar-refractivity contribution in [3.8, 4) is 5.82 Å². The molecule has 6 nitrogen and oxygen atoms in total. The van der Waals surface area contributed by atoms with Crippen LogP contribution in [0.1, 0.15) is 11.4 Å². The molecule has 7 heteroatoms. The summed E-state index contributed by atoms with van der Waals surface area (Å²) in [5, 5.41) is 14.9. The molecule has 0 saturated carbocycles. The Labute approximate surface area is 106 Å². The van der Waals surface area contributed by atoms with E-state index in [1.165, 1.54) is 12.3 Å². The van der Waals surface area contributed by atoms with Gasteiger partial charge in [0.2, 0.25) is 0 Å². The zero-order valence-electron chi connectivity index (χ0n) is 9.22. The van der Waals surface area contributed by atoms with Crippen LogP contribution >= 0.6 is 15.9 Å². The van der Waals surface area contributed by atoms with Crippen molar-refractivity contribution in [2.45, 2.75) is 13.8 Å². The summed E-state index contributed by atoms with van der Waals surface area (Å²) in [5.41, 5.74) is 1.74. The summed E-state index contributed by atoms with van der Waals surface area (Å²) in [5.74, 6) is 0.543. The summed E-state index contributed by atoms with van der Waals surface area (Å²) < 4.78 is 2.18. The molecule has 2 aromatic heterocycles. The molecule has 88 valence electrons. The number of rotatable bonds is 2. The molecule has 0 N–H and O–H groups in total. The molecule has 0 aliphatic heterocycles. The topological polar surface area (TPSA) is 73.8 Å². The van der Waals surface area contributed by atoms with Gasteiger partial charge in [-0.15, -0.1) is 0 Å². The molecule has 2 rings (SSSR count). The van der Waals surface area contributed by atoms with Crippen LogP contribution in [0.3, 0.4) is 0 Å². The summed E-state index contributed by atoms with van der Waals surface area (Å²) in [6, 6.07) is 3.33. The Hall–Kier alpha value is -1.76. The van der Waals surface area contributed by atoms with E-state index in [2.05, 4.69) is 26.0 Å². The molecule has 0 fully saturated rings. The zero-order valence-corrected chi connectivity index (χ0v) is 10.8. The van der Waals surface area contributed by atoms with Crippen LogP contribution in [-0.2, 0) is 0 Å². The van der Waals surface area contributed by atoms with E-state index in [9.17, 15) is 10.1 Å². The third-order valence-corrected chi connectivity index (χ3v) is 2.81. The van der Waals surface area contributed by atoms with Gasteiger partial charge >= 0.3 is 0 Å². The van der Waals surface area contributed by atoms with E-state index in [1.54, 1.807) is 4.68 Å². The van der Waals surface area contributed by atoms with E-state index in [4.69, 9.17) is 0 Å². The molecule has 0 amide bonds. The summed E-state index contributed by atoms with van der Waals surface area (Å²) in [6.45, 7) is 3.78. The monoisotopic (exact) mass is 296 g/mol. The molecular weight excluding hydrogens is 288 g/mol.